The molecule has 2 fully saturated rings. The van der Waals surface area contributed by atoms with E-state index in [0.717, 1.165) is 25.2 Å². The van der Waals surface area contributed by atoms with Gasteiger partial charge in [0.25, 0.3) is 0 Å². The van der Waals surface area contributed by atoms with Gasteiger partial charge in [-0.1, -0.05) is 6.92 Å². The van der Waals surface area contributed by atoms with E-state index in [1.165, 1.54) is 0 Å². The van der Waals surface area contributed by atoms with Crippen LogP contribution in [0.2, 0.25) is 0 Å². The van der Waals surface area contributed by atoms with E-state index >= 15 is 0 Å². The lowest BCUT2D eigenvalue weighted by molar-refractivity contribution is -0.117. The normalized spacial score (nSPS) is 26.2. The standard InChI is InChI=1S/C16H23N3O3S/c1-12-10-18(2)11-15(12)17-23(21,22)14-7-5-13(6-8-14)19-9-3-4-16(19)20/h5-8,12,15,17H,3-4,9-11H2,1-2H3/t12-,15-/m0/s1. The first-order chi connectivity index (χ1) is 10.9. The summed E-state index contributed by atoms with van der Waals surface area (Å²) in [6.07, 6.45) is 1.42. The fourth-order valence-corrected chi connectivity index (χ4v) is 4.69. The summed E-state index contributed by atoms with van der Waals surface area (Å²) >= 11 is 0. The van der Waals surface area contributed by atoms with Gasteiger partial charge in [-0.05, 0) is 43.7 Å². The Morgan fingerprint density at radius 3 is 2.39 bits per heavy atom. The predicted octanol–water partition coefficient (Wildman–Crippen LogP) is 1.04. The van der Waals surface area contributed by atoms with Gasteiger partial charge in [0.2, 0.25) is 15.9 Å². The first-order valence-electron chi connectivity index (χ1n) is 7.98. The molecular weight excluding hydrogens is 314 g/mol. The third-order valence-corrected chi connectivity index (χ3v) is 6.14. The number of anilines is 1. The van der Waals surface area contributed by atoms with E-state index in [0.29, 0.717) is 13.0 Å². The zero-order valence-corrected chi connectivity index (χ0v) is 14.3. The van der Waals surface area contributed by atoms with E-state index in [9.17, 15) is 13.2 Å². The van der Waals surface area contributed by atoms with Crippen molar-refractivity contribution in [1.82, 2.24) is 9.62 Å². The van der Waals surface area contributed by atoms with Gasteiger partial charge in [0.05, 0.1) is 4.90 Å². The molecule has 0 radical (unpaired) electrons. The number of nitrogens with one attached hydrogen (secondary N) is 1. The number of amides is 1. The van der Waals surface area contributed by atoms with Gasteiger partial charge in [0, 0.05) is 37.8 Å². The minimum absolute atomic E-state index is 0.0650. The van der Waals surface area contributed by atoms with Crippen molar-refractivity contribution in [3.8, 4) is 0 Å². The van der Waals surface area contributed by atoms with Crippen LogP contribution >= 0.6 is 0 Å². The number of nitrogens with zero attached hydrogens (tertiary/aromatic N) is 2. The van der Waals surface area contributed by atoms with E-state index in [1.54, 1.807) is 29.2 Å². The summed E-state index contributed by atoms with van der Waals surface area (Å²) in [7, 11) is -1.54. The molecule has 2 saturated heterocycles. The molecule has 2 atom stereocenters. The van der Waals surface area contributed by atoms with Gasteiger partial charge in [-0.2, -0.15) is 0 Å². The highest BCUT2D eigenvalue weighted by Crippen LogP contribution is 2.24. The minimum atomic E-state index is -3.53. The first kappa shape index (κ1) is 16.4. The molecule has 1 N–H and O–H groups in total. The maximum atomic E-state index is 12.5. The lowest BCUT2D eigenvalue weighted by atomic mass is 10.1. The van der Waals surface area contributed by atoms with Crippen molar-refractivity contribution in [1.29, 1.82) is 0 Å². The zero-order valence-electron chi connectivity index (χ0n) is 13.5. The molecule has 0 unspecified atom stereocenters. The van der Waals surface area contributed by atoms with E-state index in [1.807, 2.05) is 7.05 Å². The number of hydrogen-bond acceptors (Lipinski definition) is 4. The monoisotopic (exact) mass is 337 g/mol. The Hall–Kier alpha value is -1.44. The Bertz CT molecular complexity index is 687. The number of likely N-dealkylation sites (N-methyl/N-ethyl adjacent to an activating group) is 1. The number of carbonyl (C=O) groups excluding carboxylic acids is 1. The summed E-state index contributed by atoms with van der Waals surface area (Å²) in [5, 5.41) is 0. The van der Waals surface area contributed by atoms with E-state index in [4.69, 9.17) is 0 Å². The van der Waals surface area contributed by atoms with Crippen LogP contribution in [-0.4, -0.2) is 51.9 Å². The Morgan fingerprint density at radius 1 is 1.17 bits per heavy atom. The molecule has 2 aliphatic rings. The number of likely N-dealkylation sites (tertiary alicyclic amines) is 1. The van der Waals surface area contributed by atoms with Crippen LogP contribution in [-0.2, 0) is 14.8 Å². The van der Waals surface area contributed by atoms with Crippen molar-refractivity contribution in [2.75, 3.05) is 31.6 Å². The van der Waals surface area contributed by atoms with Crippen molar-refractivity contribution < 1.29 is 13.2 Å². The van der Waals surface area contributed by atoms with Crippen LogP contribution in [0.3, 0.4) is 0 Å². The Morgan fingerprint density at radius 2 is 1.87 bits per heavy atom. The molecule has 1 aromatic rings. The van der Waals surface area contributed by atoms with Crippen LogP contribution in [0.15, 0.2) is 29.2 Å². The number of benzene rings is 1. The van der Waals surface area contributed by atoms with Crippen LogP contribution in [0.5, 0.6) is 0 Å². The molecule has 0 spiro atoms. The average Bonchev–Trinajstić information content (AvgIpc) is 3.04. The molecule has 0 aliphatic carbocycles. The van der Waals surface area contributed by atoms with Gasteiger partial charge in [0.1, 0.15) is 0 Å². The largest absolute Gasteiger partial charge is 0.312 e. The third-order valence-electron chi connectivity index (χ3n) is 4.63. The molecule has 3 rings (SSSR count). The summed E-state index contributed by atoms with van der Waals surface area (Å²) in [6.45, 7) is 4.37. The number of carbonyl (C=O) groups is 1. The highest BCUT2D eigenvalue weighted by molar-refractivity contribution is 7.89. The molecule has 0 saturated carbocycles. The summed E-state index contributed by atoms with van der Waals surface area (Å²) in [5.74, 6) is 0.387. The maximum absolute atomic E-state index is 12.5. The van der Waals surface area contributed by atoms with Gasteiger partial charge in [-0.25, -0.2) is 13.1 Å². The molecule has 126 valence electrons. The molecule has 2 aliphatic heterocycles. The quantitative estimate of drug-likeness (QED) is 0.891. The SMILES string of the molecule is C[C@H]1CN(C)C[C@@H]1NS(=O)(=O)c1ccc(N2CCCC2=O)cc1. The van der Waals surface area contributed by atoms with Crippen LogP contribution in [0.4, 0.5) is 5.69 Å². The lowest BCUT2D eigenvalue weighted by Gasteiger charge is -2.18. The van der Waals surface area contributed by atoms with Crippen LogP contribution in [0, 0.1) is 5.92 Å². The number of rotatable bonds is 4. The molecular formula is C16H23N3O3S. The Kier molecular flexibility index (Phi) is 4.44. The topological polar surface area (TPSA) is 69.7 Å². The van der Waals surface area contributed by atoms with Crippen molar-refractivity contribution in [3.63, 3.8) is 0 Å². The Balaban J connectivity index is 1.74. The average molecular weight is 337 g/mol. The molecule has 6 nitrogen and oxygen atoms in total. The third kappa shape index (κ3) is 3.41. The smallest absolute Gasteiger partial charge is 0.240 e. The summed E-state index contributed by atoms with van der Waals surface area (Å²) in [5.41, 5.74) is 0.764. The molecule has 0 aromatic heterocycles. The molecule has 23 heavy (non-hydrogen) atoms. The lowest BCUT2D eigenvalue weighted by Crippen LogP contribution is -2.39. The molecule has 2 heterocycles. The fourth-order valence-electron chi connectivity index (χ4n) is 3.36. The fraction of sp³-hybridized carbons (Fsp3) is 0.562. The van der Waals surface area contributed by atoms with Crippen molar-refractivity contribution in [2.45, 2.75) is 30.7 Å². The van der Waals surface area contributed by atoms with Gasteiger partial charge in [-0.15, -0.1) is 0 Å². The second kappa shape index (κ2) is 6.22. The van der Waals surface area contributed by atoms with E-state index in [2.05, 4.69) is 16.5 Å². The van der Waals surface area contributed by atoms with E-state index in [-0.39, 0.29) is 22.8 Å². The Labute approximate surface area is 137 Å². The minimum Gasteiger partial charge on any atom is -0.312 e. The molecule has 7 heteroatoms. The second-order valence-corrected chi connectivity index (χ2v) is 8.28. The maximum Gasteiger partial charge on any atom is 0.240 e. The van der Waals surface area contributed by atoms with Crippen LogP contribution < -0.4 is 9.62 Å². The highest BCUT2D eigenvalue weighted by Gasteiger charge is 2.31. The van der Waals surface area contributed by atoms with Gasteiger partial charge < -0.3 is 9.80 Å². The van der Waals surface area contributed by atoms with Crippen LogP contribution in [0.25, 0.3) is 0 Å². The van der Waals surface area contributed by atoms with Gasteiger partial charge in [-0.3, -0.25) is 4.79 Å². The van der Waals surface area contributed by atoms with Gasteiger partial charge in [0.15, 0.2) is 0 Å². The highest BCUT2D eigenvalue weighted by atomic mass is 32.2. The van der Waals surface area contributed by atoms with Crippen molar-refractivity contribution in [2.24, 2.45) is 5.92 Å². The van der Waals surface area contributed by atoms with Gasteiger partial charge >= 0.3 is 0 Å². The first-order valence-corrected chi connectivity index (χ1v) is 9.46. The molecule has 1 aromatic carbocycles. The van der Waals surface area contributed by atoms with Crippen molar-refractivity contribution in [3.05, 3.63) is 24.3 Å². The van der Waals surface area contributed by atoms with Crippen LogP contribution in [0.1, 0.15) is 19.8 Å². The summed E-state index contributed by atoms with van der Waals surface area (Å²) in [4.78, 5) is 15.8. The summed E-state index contributed by atoms with van der Waals surface area (Å²) < 4.78 is 27.9. The zero-order chi connectivity index (χ0) is 16.6. The number of sulfonamides is 1. The molecule has 1 amide bonds. The second-order valence-electron chi connectivity index (χ2n) is 6.57. The van der Waals surface area contributed by atoms with Crippen molar-refractivity contribution >= 4 is 21.6 Å². The van der Waals surface area contributed by atoms with E-state index < -0.39 is 10.0 Å². The number of hydrogen-bond donors (Lipinski definition) is 1. The predicted molar refractivity (Wildman–Crippen MR) is 88.8 cm³/mol. The summed E-state index contributed by atoms with van der Waals surface area (Å²) in [6, 6.07) is 6.51. The molecule has 0 bridgehead atoms.